The summed E-state index contributed by atoms with van der Waals surface area (Å²) in [5, 5.41) is 13.1. The van der Waals surface area contributed by atoms with Crippen LogP contribution in [0.5, 0.6) is 5.75 Å². The van der Waals surface area contributed by atoms with Crippen molar-refractivity contribution in [3.8, 4) is 22.8 Å². The smallest absolute Gasteiger partial charge is 0.234 e. The molecular weight excluding hydrogens is 467 g/mol. The molecule has 0 saturated carbocycles. The van der Waals surface area contributed by atoms with E-state index in [0.717, 1.165) is 11.3 Å². The van der Waals surface area contributed by atoms with Gasteiger partial charge in [0.1, 0.15) is 5.75 Å². The van der Waals surface area contributed by atoms with E-state index in [1.807, 2.05) is 53.1 Å². The Morgan fingerprint density at radius 3 is 2.47 bits per heavy atom. The summed E-state index contributed by atoms with van der Waals surface area (Å²) in [6, 6.07) is 22.2. The van der Waals surface area contributed by atoms with E-state index in [1.165, 1.54) is 18.9 Å². The number of benzene rings is 3. The topological polar surface area (TPSA) is 69.0 Å². The summed E-state index contributed by atoms with van der Waals surface area (Å²) < 4.78 is 7.03. The number of thioether (sulfide) groups is 1. The standard InChI is InChI=1S/C23H18Cl2N4O2S/c1-31-20-12-11-15(13-19(20)25)26-21(30)14-32-23-28-27-22(17-9-5-6-10-18(17)24)29(23)16-7-3-2-4-8-16/h2-13H,14H2,1H3,(H,26,30). The van der Waals surface area contributed by atoms with Gasteiger partial charge in [0.05, 0.1) is 22.9 Å². The highest BCUT2D eigenvalue weighted by Crippen LogP contribution is 2.32. The van der Waals surface area contributed by atoms with Gasteiger partial charge in [-0.3, -0.25) is 9.36 Å². The van der Waals surface area contributed by atoms with Crippen LogP contribution in [0.2, 0.25) is 10.0 Å². The van der Waals surface area contributed by atoms with E-state index in [0.29, 0.717) is 32.5 Å². The van der Waals surface area contributed by atoms with Crippen molar-refractivity contribution in [2.24, 2.45) is 0 Å². The largest absolute Gasteiger partial charge is 0.495 e. The van der Waals surface area contributed by atoms with Crippen LogP contribution < -0.4 is 10.1 Å². The molecule has 0 spiro atoms. The van der Waals surface area contributed by atoms with Gasteiger partial charge in [0.15, 0.2) is 11.0 Å². The molecule has 1 N–H and O–H groups in total. The fourth-order valence-corrected chi connectivity index (χ4v) is 4.29. The number of carbonyl (C=O) groups excluding carboxylic acids is 1. The molecule has 0 aliphatic heterocycles. The number of hydrogen-bond donors (Lipinski definition) is 1. The number of nitrogens with zero attached hydrogens (tertiary/aromatic N) is 3. The molecule has 0 aliphatic carbocycles. The third-order valence-electron chi connectivity index (χ3n) is 4.53. The van der Waals surface area contributed by atoms with E-state index in [1.54, 1.807) is 24.3 Å². The van der Waals surface area contributed by atoms with Crippen molar-refractivity contribution in [3.63, 3.8) is 0 Å². The minimum atomic E-state index is -0.196. The van der Waals surface area contributed by atoms with Crippen LogP contribution in [0.15, 0.2) is 78.0 Å². The molecule has 9 heteroatoms. The van der Waals surface area contributed by atoms with Crippen molar-refractivity contribution >= 4 is 46.6 Å². The Hall–Kier alpha value is -3.00. The molecule has 0 unspecified atom stereocenters. The molecule has 3 aromatic carbocycles. The van der Waals surface area contributed by atoms with Gasteiger partial charge in [-0.2, -0.15) is 0 Å². The number of rotatable bonds is 7. The summed E-state index contributed by atoms with van der Waals surface area (Å²) in [7, 11) is 1.54. The summed E-state index contributed by atoms with van der Waals surface area (Å²) in [4.78, 5) is 12.5. The molecule has 0 bridgehead atoms. The Morgan fingerprint density at radius 1 is 1.00 bits per heavy atom. The molecular formula is C23H18Cl2N4O2S. The maximum Gasteiger partial charge on any atom is 0.234 e. The second-order valence-corrected chi connectivity index (χ2v) is 8.40. The molecule has 4 aromatic rings. The van der Waals surface area contributed by atoms with Crippen LogP contribution in [0.1, 0.15) is 0 Å². The van der Waals surface area contributed by atoms with Crippen LogP contribution in [0.25, 0.3) is 17.1 Å². The Bertz CT molecular complexity index is 1250. The van der Waals surface area contributed by atoms with Crippen LogP contribution in [0.3, 0.4) is 0 Å². The van der Waals surface area contributed by atoms with Crippen molar-refractivity contribution in [1.29, 1.82) is 0 Å². The van der Waals surface area contributed by atoms with Crippen molar-refractivity contribution in [2.75, 3.05) is 18.2 Å². The Morgan fingerprint density at radius 2 is 1.75 bits per heavy atom. The second kappa shape index (κ2) is 10.1. The third kappa shape index (κ3) is 4.91. The Balaban J connectivity index is 1.57. The molecule has 0 saturated heterocycles. The number of ether oxygens (including phenoxy) is 1. The van der Waals surface area contributed by atoms with Crippen LogP contribution in [0.4, 0.5) is 5.69 Å². The number of nitrogens with one attached hydrogen (secondary N) is 1. The minimum Gasteiger partial charge on any atom is -0.495 e. The van der Waals surface area contributed by atoms with Crippen molar-refractivity contribution in [3.05, 3.63) is 82.8 Å². The van der Waals surface area contributed by atoms with Crippen LogP contribution in [0, 0.1) is 0 Å². The van der Waals surface area contributed by atoms with E-state index in [-0.39, 0.29) is 11.7 Å². The SMILES string of the molecule is COc1ccc(NC(=O)CSc2nnc(-c3ccccc3Cl)n2-c2ccccc2)cc1Cl. The molecule has 32 heavy (non-hydrogen) atoms. The lowest BCUT2D eigenvalue weighted by atomic mass is 10.2. The summed E-state index contributed by atoms with van der Waals surface area (Å²) in [5.74, 6) is 1.09. The van der Waals surface area contributed by atoms with E-state index in [2.05, 4.69) is 15.5 Å². The zero-order valence-corrected chi connectivity index (χ0v) is 19.3. The monoisotopic (exact) mass is 484 g/mol. The molecule has 0 radical (unpaired) electrons. The van der Waals surface area contributed by atoms with Gasteiger partial charge in [-0.25, -0.2) is 0 Å². The van der Waals surface area contributed by atoms with Crippen molar-refractivity contribution in [1.82, 2.24) is 14.8 Å². The van der Waals surface area contributed by atoms with Crippen LogP contribution >= 0.6 is 35.0 Å². The van der Waals surface area contributed by atoms with E-state index >= 15 is 0 Å². The molecule has 6 nitrogen and oxygen atoms in total. The van der Waals surface area contributed by atoms with Crippen LogP contribution in [-0.2, 0) is 4.79 Å². The first-order valence-corrected chi connectivity index (χ1v) is 11.3. The lowest BCUT2D eigenvalue weighted by Gasteiger charge is -2.11. The molecule has 1 amide bonds. The van der Waals surface area contributed by atoms with Gasteiger partial charge in [0.25, 0.3) is 0 Å². The number of anilines is 1. The molecule has 0 aliphatic rings. The van der Waals surface area contributed by atoms with Crippen LogP contribution in [-0.4, -0.2) is 33.5 Å². The summed E-state index contributed by atoms with van der Waals surface area (Å²) >= 11 is 13.8. The molecule has 4 rings (SSSR count). The van der Waals surface area contributed by atoms with Gasteiger partial charge < -0.3 is 10.1 Å². The lowest BCUT2D eigenvalue weighted by Crippen LogP contribution is -2.14. The number of hydrogen-bond acceptors (Lipinski definition) is 5. The van der Waals surface area contributed by atoms with E-state index in [4.69, 9.17) is 27.9 Å². The molecule has 1 heterocycles. The first-order chi connectivity index (χ1) is 15.6. The zero-order valence-electron chi connectivity index (χ0n) is 17.0. The van der Waals surface area contributed by atoms with Gasteiger partial charge in [-0.05, 0) is 42.5 Å². The predicted molar refractivity (Wildman–Crippen MR) is 129 cm³/mol. The highest BCUT2D eigenvalue weighted by atomic mass is 35.5. The molecule has 0 fully saturated rings. The minimum absolute atomic E-state index is 0.136. The fraction of sp³-hybridized carbons (Fsp3) is 0.0870. The fourth-order valence-electron chi connectivity index (χ4n) is 3.06. The van der Waals surface area contributed by atoms with Gasteiger partial charge in [0, 0.05) is 16.9 Å². The predicted octanol–water partition coefficient (Wildman–Crippen LogP) is 5.98. The number of methoxy groups -OCH3 is 1. The van der Waals surface area contributed by atoms with Gasteiger partial charge >= 0.3 is 0 Å². The highest BCUT2D eigenvalue weighted by Gasteiger charge is 2.19. The number of halogens is 2. The van der Waals surface area contributed by atoms with Gasteiger partial charge in [-0.15, -0.1) is 10.2 Å². The van der Waals surface area contributed by atoms with Crippen molar-refractivity contribution in [2.45, 2.75) is 5.16 Å². The van der Waals surface area contributed by atoms with Crippen molar-refractivity contribution < 1.29 is 9.53 Å². The average Bonchev–Trinajstić information content (AvgIpc) is 3.22. The van der Waals surface area contributed by atoms with Gasteiger partial charge in [-0.1, -0.05) is 65.3 Å². The number of aromatic nitrogens is 3. The second-order valence-electron chi connectivity index (χ2n) is 6.64. The highest BCUT2D eigenvalue weighted by molar-refractivity contribution is 7.99. The lowest BCUT2D eigenvalue weighted by molar-refractivity contribution is -0.113. The first kappa shape index (κ1) is 22.2. The Labute approximate surface area is 199 Å². The number of amides is 1. The normalized spacial score (nSPS) is 10.7. The summed E-state index contributed by atoms with van der Waals surface area (Å²) in [6.45, 7) is 0. The summed E-state index contributed by atoms with van der Waals surface area (Å²) in [5.41, 5.74) is 2.22. The quantitative estimate of drug-likeness (QED) is 0.326. The number of carbonyl (C=O) groups is 1. The third-order valence-corrected chi connectivity index (χ3v) is 6.08. The van der Waals surface area contributed by atoms with Gasteiger partial charge in [0.2, 0.25) is 5.91 Å². The zero-order chi connectivity index (χ0) is 22.5. The molecule has 162 valence electrons. The Kier molecular flexibility index (Phi) is 6.99. The molecule has 0 atom stereocenters. The number of para-hydroxylation sites is 1. The average molecular weight is 485 g/mol. The van der Waals surface area contributed by atoms with E-state index in [9.17, 15) is 4.79 Å². The first-order valence-electron chi connectivity index (χ1n) is 9.58. The molecule has 1 aromatic heterocycles. The maximum absolute atomic E-state index is 12.5. The summed E-state index contributed by atoms with van der Waals surface area (Å²) in [6.07, 6.45) is 0. The van der Waals surface area contributed by atoms with E-state index < -0.39 is 0 Å². The maximum atomic E-state index is 12.5.